The summed E-state index contributed by atoms with van der Waals surface area (Å²) in [7, 11) is 0. The van der Waals surface area contributed by atoms with Gasteiger partial charge in [-0.15, -0.1) is 0 Å². The number of halogens is 2. The molecule has 4 heteroatoms. The van der Waals surface area contributed by atoms with Crippen molar-refractivity contribution in [3.63, 3.8) is 0 Å². The van der Waals surface area contributed by atoms with Gasteiger partial charge in [-0.2, -0.15) is 0 Å². The highest BCUT2D eigenvalue weighted by Gasteiger charge is 2.22. The van der Waals surface area contributed by atoms with E-state index in [1.807, 2.05) is 6.92 Å². The quantitative estimate of drug-likeness (QED) is 0.587. The number of hydrogen-bond donors (Lipinski definition) is 0. The maximum Gasteiger partial charge on any atom is 0.320 e. The van der Waals surface area contributed by atoms with E-state index in [0.717, 1.165) is 6.42 Å². The predicted octanol–water partition coefficient (Wildman–Crippen LogP) is 2.49. The lowest BCUT2D eigenvalue weighted by Crippen LogP contribution is -2.25. The SMILES string of the molecule is CCOC(=O)C(Br)C(Br)CC. The van der Waals surface area contributed by atoms with Crippen molar-refractivity contribution in [2.24, 2.45) is 0 Å². The summed E-state index contributed by atoms with van der Waals surface area (Å²) in [4.78, 5) is 11.0. The first-order valence-corrected chi connectivity index (χ1v) is 5.41. The third-order valence-electron chi connectivity index (χ3n) is 1.22. The average molecular weight is 288 g/mol. The van der Waals surface area contributed by atoms with Gasteiger partial charge in [0.05, 0.1) is 6.61 Å². The number of ether oxygens (including phenoxy) is 1. The molecule has 0 radical (unpaired) electrons. The Morgan fingerprint density at radius 3 is 2.36 bits per heavy atom. The first-order valence-electron chi connectivity index (χ1n) is 3.58. The minimum atomic E-state index is -0.229. The smallest absolute Gasteiger partial charge is 0.320 e. The summed E-state index contributed by atoms with van der Waals surface area (Å²) in [5.41, 5.74) is 0. The molecule has 2 unspecified atom stereocenters. The van der Waals surface area contributed by atoms with Gasteiger partial charge in [-0.05, 0) is 13.3 Å². The van der Waals surface area contributed by atoms with E-state index in [2.05, 4.69) is 31.9 Å². The van der Waals surface area contributed by atoms with Crippen molar-refractivity contribution in [2.75, 3.05) is 6.61 Å². The second-order valence-electron chi connectivity index (χ2n) is 2.08. The molecule has 0 aliphatic carbocycles. The largest absolute Gasteiger partial charge is 0.465 e. The number of hydrogen-bond acceptors (Lipinski definition) is 2. The summed E-state index contributed by atoms with van der Waals surface area (Å²) in [5, 5.41) is 0. The van der Waals surface area contributed by atoms with Crippen LogP contribution in [-0.4, -0.2) is 22.2 Å². The summed E-state index contributed by atoms with van der Waals surface area (Å²) < 4.78 is 4.81. The zero-order valence-corrected chi connectivity index (χ0v) is 9.81. The maximum atomic E-state index is 11.0. The molecule has 0 aliphatic rings. The van der Waals surface area contributed by atoms with Gasteiger partial charge in [-0.1, -0.05) is 38.8 Å². The molecule has 2 atom stereocenters. The fraction of sp³-hybridized carbons (Fsp3) is 0.857. The second-order valence-corrected chi connectivity index (χ2v) is 4.24. The zero-order chi connectivity index (χ0) is 8.85. The van der Waals surface area contributed by atoms with Crippen molar-refractivity contribution in [3.05, 3.63) is 0 Å². The lowest BCUT2D eigenvalue weighted by molar-refractivity contribution is -0.142. The molecule has 0 N–H and O–H groups in total. The Morgan fingerprint density at radius 2 is 2.00 bits per heavy atom. The van der Waals surface area contributed by atoms with Crippen LogP contribution in [0.1, 0.15) is 20.3 Å². The van der Waals surface area contributed by atoms with Crippen LogP contribution in [0.3, 0.4) is 0 Å². The van der Waals surface area contributed by atoms with Gasteiger partial charge in [0.1, 0.15) is 4.83 Å². The molecule has 0 bridgehead atoms. The molecule has 0 heterocycles. The first-order chi connectivity index (χ1) is 5.13. The minimum Gasteiger partial charge on any atom is -0.465 e. The van der Waals surface area contributed by atoms with E-state index in [0.29, 0.717) is 6.61 Å². The monoisotopic (exact) mass is 286 g/mol. The molecule has 0 aromatic heterocycles. The van der Waals surface area contributed by atoms with E-state index in [1.165, 1.54) is 0 Å². The minimum absolute atomic E-state index is 0.154. The lowest BCUT2D eigenvalue weighted by atomic mass is 10.2. The summed E-state index contributed by atoms with van der Waals surface area (Å²) in [6, 6.07) is 0. The van der Waals surface area contributed by atoms with Gasteiger partial charge < -0.3 is 4.74 Å². The van der Waals surface area contributed by atoms with Crippen LogP contribution < -0.4 is 0 Å². The number of rotatable bonds is 4. The van der Waals surface area contributed by atoms with Crippen LogP contribution in [0, 0.1) is 0 Å². The van der Waals surface area contributed by atoms with Gasteiger partial charge in [-0.3, -0.25) is 4.79 Å². The maximum absolute atomic E-state index is 11.0. The van der Waals surface area contributed by atoms with E-state index in [-0.39, 0.29) is 15.6 Å². The molecule has 11 heavy (non-hydrogen) atoms. The van der Waals surface area contributed by atoms with Crippen molar-refractivity contribution in [3.8, 4) is 0 Å². The highest BCUT2D eigenvalue weighted by Crippen LogP contribution is 2.18. The van der Waals surface area contributed by atoms with Gasteiger partial charge in [0.25, 0.3) is 0 Å². The van der Waals surface area contributed by atoms with Crippen LogP contribution in [-0.2, 0) is 9.53 Å². The Morgan fingerprint density at radius 1 is 1.45 bits per heavy atom. The van der Waals surface area contributed by atoms with Crippen molar-refractivity contribution in [1.29, 1.82) is 0 Å². The molecule has 0 amide bonds. The van der Waals surface area contributed by atoms with Gasteiger partial charge in [-0.25, -0.2) is 0 Å². The van der Waals surface area contributed by atoms with Crippen LogP contribution in [0.5, 0.6) is 0 Å². The molecule has 0 fully saturated rings. The topological polar surface area (TPSA) is 26.3 Å². The molecule has 0 saturated heterocycles. The molecular weight excluding hydrogens is 276 g/mol. The van der Waals surface area contributed by atoms with Gasteiger partial charge >= 0.3 is 5.97 Å². The molecule has 0 aromatic carbocycles. The Hall–Kier alpha value is 0.430. The molecular formula is C7H12Br2O2. The number of carbonyl (C=O) groups excluding carboxylic acids is 1. The Kier molecular flexibility index (Phi) is 6.24. The van der Waals surface area contributed by atoms with Gasteiger partial charge in [0.2, 0.25) is 0 Å². The highest BCUT2D eigenvalue weighted by atomic mass is 79.9. The standard InChI is InChI=1S/C7H12Br2O2/c1-3-5(8)6(9)7(10)11-4-2/h5-6H,3-4H2,1-2H3. The van der Waals surface area contributed by atoms with Crippen LogP contribution in [0.15, 0.2) is 0 Å². The molecule has 0 saturated carbocycles. The number of carbonyl (C=O) groups is 1. The summed E-state index contributed by atoms with van der Waals surface area (Å²) in [6.45, 7) is 4.24. The van der Waals surface area contributed by atoms with Gasteiger partial charge in [0, 0.05) is 4.83 Å². The van der Waals surface area contributed by atoms with E-state index < -0.39 is 0 Å². The predicted molar refractivity (Wildman–Crippen MR) is 52.4 cm³/mol. The fourth-order valence-corrected chi connectivity index (χ4v) is 1.30. The van der Waals surface area contributed by atoms with Crippen LogP contribution in [0.2, 0.25) is 0 Å². The third kappa shape index (κ3) is 4.11. The fourth-order valence-electron chi connectivity index (χ4n) is 0.576. The molecule has 2 nitrogen and oxygen atoms in total. The van der Waals surface area contributed by atoms with E-state index >= 15 is 0 Å². The summed E-state index contributed by atoms with van der Waals surface area (Å²) >= 11 is 6.61. The second kappa shape index (κ2) is 6.00. The molecule has 0 aliphatic heterocycles. The van der Waals surface area contributed by atoms with Crippen LogP contribution in [0.4, 0.5) is 0 Å². The van der Waals surface area contributed by atoms with Crippen molar-refractivity contribution in [1.82, 2.24) is 0 Å². The van der Waals surface area contributed by atoms with Crippen molar-refractivity contribution < 1.29 is 9.53 Å². The third-order valence-corrected chi connectivity index (χ3v) is 4.12. The molecule has 0 aromatic rings. The lowest BCUT2D eigenvalue weighted by Gasteiger charge is -2.12. The molecule has 0 rings (SSSR count). The summed E-state index contributed by atoms with van der Waals surface area (Å²) in [6.07, 6.45) is 0.898. The van der Waals surface area contributed by atoms with Crippen LogP contribution >= 0.6 is 31.9 Å². The van der Waals surface area contributed by atoms with E-state index in [9.17, 15) is 4.79 Å². The molecule has 66 valence electrons. The van der Waals surface area contributed by atoms with Crippen LogP contribution in [0.25, 0.3) is 0 Å². The number of esters is 1. The first kappa shape index (κ1) is 11.4. The zero-order valence-electron chi connectivity index (χ0n) is 6.64. The Bertz CT molecular complexity index is 128. The van der Waals surface area contributed by atoms with E-state index in [1.54, 1.807) is 6.92 Å². The van der Waals surface area contributed by atoms with Crippen molar-refractivity contribution >= 4 is 37.8 Å². The average Bonchev–Trinajstić information content (AvgIpc) is 2.02. The Balaban J connectivity index is 3.80. The van der Waals surface area contributed by atoms with Gasteiger partial charge in [0.15, 0.2) is 0 Å². The van der Waals surface area contributed by atoms with Crippen molar-refractivity contribution in [2.45, 2.75) is 29.9 Å². The molecule has 0 spiro atoms. The number of alkyl halides is 2. The highest BCUT2D eigenvalue weighted by molar-refractivity contribution is 9.12. The Labute approximate surface area is 83.9 Å². The summed E-state index contributed by atoms with van der Waals surface area (Å²) in [5.74, 6) is -0.198. The normalized spacial score (nSPS) is 15.6. The van der Waals surface area contributed by atoms with E-state index in [4.69, 9.17) is 4.74 Å².